The van der Waals surface area contributed by atoms with Gasteiger partial charge in [-0.3, -0.25) is 19.2 Å². The Kier molecular flexibility index (Phi) is 28.7. The number of carboxylic acids is 2. The Morgan fingerprint density at radius 2 is 0.917 bits per heavy atom. The molecule has 0 radical (unpaired) electrons. The van der Waals surface area contributed by atoms with E-state index in [2.05, 4.69) is 75.1 Å². The Balaban J connectivity index is 0.000000959. The summed E-state index contributed by atoms with van der Waals surface area (Å²) in [5, 5.41) is 43.4. The predicted octanol–water partition coefficient (Wildman–Crippen LogP) is 4.94. The molecular weight excluding hydrogens is 1110 g/mol. The number of hydrogen-bond acceptors (Lipinski definition) is 14. The molecule has 4 aromatic rings. The average molecular weight is 1200 g/mol. The number of aromatic nitrogens is 6. The van der Waals surface area contributed by atoms with E-state index in [1.54, 1.807) is 40.6 Å². The van der Waals surface area contributed by atoms with Crippen molar-refractivity contribution in [3.05, 3.63) is 96.1 Å². The third-order valence-corrected chi connectivity index (χ3v) is 14.5. The predicted molar refractivity (Wildman–Crippen MR) is 295 cm³/mol. The molecule has 4 heterocycles. The number of ether oxygens (including phenoxy) is 2. The summed E-state index contributed by atoms with van der Waals surface area (Å²) in [5.74, 6) is -4.58. The van der Waals surface area contributed by atoms with E-state index in [-0.39, 0.29) is 35.7 Å². The lowest BCUT2D eigenvalue weighted by Gasteiger charge is -2.33. The van der Waals surface area contributed by atoms with Gasteiger partial charge in [0.15, 0.2) is 0 Å². The third-order valence-electron chi connectivity index (χ3n) is 14.5. The Hall–Kier alpha value is -7.04. The summed E-state index contributed by atoms with van der Waals surface area (Å²) in [7, 11) is 3.43. The summed E-state index contributed by atoms with van der Waals surface area (Å²) in [6.45, 7) is 10.4. The molecule has 2 saturated heterocycles. The van der Waals surface area contributed by atoms with Gasteiger partial charge in [-0.05, 0) is 104 Å². The van der Waals surface area contributed by atoms with Gasteiger partial charge in [-0.25, -0.2) is 9.59 Å². The highest BCUT2D eigenvalue weighted by Crippen LogP contribution is 2.25. The van der Waals surface area contributed by atoms with Gasteiger partial charge >= 0.3 is 24.3 Å². The number of halogens is 6. The Morgan fingerprint density at radius 1 is 0.571 bits per heavy atom. The van der Waals surface area contributed by atoms with E-state index >= 15 is 0 Å². The van der Waals surface area contributed by atoms with E-state index in [0.29, 0.717) is 39.4 Å². The van der Waals surface area contributed by atoms with Gasteiger partial charge in [0.25, 0.3) is 0 Å². The fourth-order valence-corrected chi connectivity index (χ4v) is 9.36. The summed E-state index contributed by atoms with van der Waals surface area (Å²) in [5.41, 5.74) is 2.46. The lowest BCUT2D eigenvalue weighted by molar-refractivity contribution is -0.193. The van der Waals surface area contributed by atoms with Crippen molar-refractivity contribution in [2.75, 3.05) is 40.4 Å². The van der Waals surface area contributed by atoms with E-state index in [4.69, 9.17) is 29.3 Å². The van der Waals surface area contributed by atoms with Crippen LogP contribution in [0.15, 0.2) is 73.3 Å². The first-order chi connectivity index (χ1) is 39.9. The Morgan fingerprint density at radius 3 is 1.24 bits per heavy atom. The quantitative estimate of drug-likeness (QED) is 0.0310. The molecule has 2 fully saturated rings. The number of rotatable bonds is 29. The van der Waals surface area contributed by atoms with E-state index in [1.165, 1.54) is 11.1 Å². The molecule has 2 aromatic carbocycles. The van der Waals surface area contributed by atoms with Gasteiger partial charge in [-0.2, -0.15) is 26.3 Å². The zero-order chi connectivity index (χ0) is 62.0. The molecule has 2 aliphatic rings. The SMILES string of the molecule is CN[C@@H](C)C(=O)N[C@H](C(=O)N1CCC[C@H]1Cn1cnnc1CCc1ccccc1)[C@@H](C)OCCCCCCO[C@H](C)[C@H](NC(=O)[C@H](C)NC)C(=O)N1CCC[C@H]1Cn1cnnc1CCc1ccccc1.O=C(O)C(F)(F)F.O=C(O)C(F)(F)F. The lowest BCUT2D eigenvalue weighted by atomic mass is 10.1. The number of carbonyl (C=O) groups is 6. The maximum atomic E-state index is 14.4. The summed E-state index contributed by atoms with van der Waals surface area (Å²) in [6.07, 6.45) is 2.00. The van der Waals surface area contributed by atoms with Crippen LogP contribution in [0.3, 0.4) is 0 Å². The summed E-state index contributed by atoms with van der Waals surface area (Å²) < 4.78 is 80.2. The maximum absolute atomic E-state index is 14.4. The number of carbonyl (C=O) groups excluding carboxylic acids is 4. The lowest BCUT2D eigenvalue weighted by Crippen LogP contribution is -2.58. The summed E-state index contributed by atoms with van der Waals surface area (Å²) in [4.78, 5) is 76.7. The van der Waals surface area contributed by atoms with Crippen LogP contribution >= 0.6 is 0 Å². The number of carboxylic acid groups (broad SMARTS) is 2. The van der Waals surface area contributed by atoms with Crippen molar-refractivity contribution in [1.82, 2.24) is 60.6 Å². The molecule has 84 heavy (non-hydrogen) atoms. The minimum atomic E-state index is -5.08. The average Bonchev–Trinajstić information content (AvgIpc) is 4.41. The molecule has 6 N–H and O–H groups in total. The van der Waals surface area contributed by atoms with E-state index in [0.717, 1.165) is 88.7 Å². The molecule has 0 spiro atoms. The molecule has 0 bridgehead atoms. The Labute approximate surface area is 484 Å². The number of nitrogens with zero attached hydrogens (tertiary/aromatic N) is 8. The zero-order valence-electron chi connectivity index (χ0n) is 48.3. The van der Waals surface area contributed by atoms with Crippen molar-refractivity contribution in [2.45, 2.75) is 179 Å². The fourth-order valence-electron chi connectivity index (χ4n) is 9.36. The number of unbranched alkanes of at least 4 members (excludes halogenated alkanes) is 3. The first-order valence-corrected chi connectivity index (χ1v) is 28.1. The van der Waals surface area contributed by atoms with Crippen molar-refractivity contribution < 1.29 is 74.8 Å². The molecule has 8 atom stereocenters. The number of likely N-dealkylation sites (N-methyl/N-ethyl adjacent to an activating group) is 2. The number of aliphatic carboxylic acids is 2. The van der Waals surface area contributed by atoms with Crippen LogP contribution < -0.4 is 21.3 Å². The van der Waals surface area contributed by atoms with Gasteiger partial charge in [0.05, 0.1) is 24.3 Å². The number of aryl methyl sites for hydroxylation is 4. The summed E-state index contributed by atoms with van der Waals surface area (Å²) >= 11 is 0. The van der Waals surface area contributed by atoms with E-state index in [1.807, 2.05) is 60.0 Å². The number of amides is 4. The molecule has 22 nitrogen and oxygen atoms in total. The second-order valence-electron chi connectivity index (χ2n) is 20.6. The van der Waals surface area contributed by atoms with Crippen molar-refractivity contribution in [2.24, 2.45) is 0 Å². The number of nitrogens with one attached hydrogen (secondary N) is 4. The number of likely N-dealkylation sites (tertiary alicyclic amines) is 2. The van der Waals surface area contributed by atoms with Crippen LogP contribution in [0.5, 0.6) is 0 Å². The maximum Gasteiger partial charge on any atom is 0.490 e. The molecule has 0 saturated carbocycles. The molecule has 2 aromatic heterocycles. The molecule has 28 heteroatoms. The Bertz CT molecular complexity index is 2470. The topological polar surface area (TPSA) is 277 Å². The number of hydrogen-bond donors (Lipinski definition) is 6. The van der Waals surface area contributed by atoms with Gasteiger partial charge in [0.1, 0.15) is 36.4 Å². The summed E-state index contributed by atoms with van der Waals surface area (Å²) in [6, 6.07) is 17.8. The molecule has 6 rings (SSSR count). The van der Waals surface area contributed by atoms with E-state index in [9.17, 15) is 45.5 Å². The van der Waals surface area contributed by atoms with Gasteiger partial charge in [-0.15, -0.1) is 20.4 Å². The molecule has 466 valence electrons. The highest BCUT2D eigenvalue weighted by Gasteiger charge is 2.41. The van der Waals surface area contributed by atoms with Crippen LogP contribution in [-0.4, -0.2) is 186 Å². The van der Waals surface area contributed by atoms with Gasteiger partial charge in [0.2, 0.25) is 23.6 Å². The van der Waals surface area contributed by atoms with Crippen molar-refractivity contribution in [1.29, 1.82) is 0 Å². The monoisotopic (exact) mass is 1190 g/mol. The largest absolute Gasteiger partial charge is 0.490 e. The van der Waals surface area contributed by atoms with Crippen LogP contribution in [0.4, 0.5) is 26.3 Å². The van der Waals surface area contributed by atoms with Crippen molar-refractivity contribution in [3.8, 4) is 0 Å². The minimum Gasteiger partial charge on any atom is -0.475 e. The molecule has 0 aliphatic carbocycles. The first kappa shape index (κ1) is 69.5. The number of benzene rings is 2. The molecular formula is C56H80F6N12O10. The van der Waals surface area contributed by atoms with Crippen molar-refractivity contribution >= 4 is 35.6 Å². The van der Waals surface area contributed by atoms with Crippen molar-refractivity contribution in [3.63, 3.8) is 0 Å². The van der Waals surface area contributed by atoms with Gasteiger partial charge in [0, 0.05) is 64.3 Å². The van der Waals surface area contributed by atoms with E-state index < -0.39 is 60.7 Å². The minimum absolute atomic E-state index is 0.0642. The highest BCUT2D eigenvalue weighted by atomic mass is 19.4. The van der Waals surface area contributed by atoms with Crippen LogP contribution in [-0.2, 0) is 77.0 Å². The number of alkyl halides is 6. The fraction of sp³-hybridized carbons (Fsp3) is 0.607. The van der Waals surface area contributed by atoms with Crippen LogP contribution in [0.2, 0.25) is 0 Å². The normalized spacial score (nSPS) is 17.3. The second-order valence-corrected chi connectivity index (χ2v) is 20.6. The third kappa shape index (κ3) is 22.8. The molecule has 2 aliphatic heterocycles. The van der Waals surface area contributed by atoms with Crippen LogP contribution in [0.25, 0.3) is 0 Å². The first-order valence-electron chi connectivity index (χ1n) is 28.1. The van der Waals surface area contributed by atoms with Crippen LogP contribution in [0, 0.1) is 0 Å². The standard InChI is InChI=1S/C52H78N12O6.2C2HF3O2/c1-37(53-5)49(65)57-47(51(67)63-29-17-23-43(63)33-61-35-55-59-45(61)27-25-41-19-11-9-12-20-41)39(3)69-31-15-7-8-16-32-70-40(4)48(58-50(66)38(2)54-6)52(68)64-30-18-24-44(64)34-62-36-56-60-46(62)28-26-42-21-13-10-14-22-42;2*3-2(4,5)1(6)7/h9-14,19-22,35-40,43-44,47-48,53-54H,7-8,15-18,23-34H2,1-6H3,(H,57,65)(H,58,66);2*(H,6,7)/t37-,38-,39+,40+,43-,44-,47-,48-;;/m0../s1. The van der Waals surface area contributed by atoms with Crippen LogP contribution in [0.1, 0.15) is 102 Å². The zero-order valence-corrected chi connectivity index (χ0v) is 48.3. The molecule has 0 unspecified atom stereocenters. The van der Waals surface area contributed by atoms with Gasteiger partial charge in [-0.1, -0.05) is 73.5 Å². The van der Waals surface area contributed by atoms with Gasteiger partial charge < -0.3 is 59.9 Å². The highest BCUT2D eigenvalue weighted by molar-refractivity contribution is 5.91. The second kappa shape index (κ2) is 34.7. The molecule has 4 amide bonds. The smallest absolute Gasteiger partial charge is 0.475 e.